The molecule has 1 aromatic rings. The Kier molecular flexibility index (Phi) is 5.60. The maximum Gasteiger partial charge on any atom is 0.253 e. The van der Waals surface area contributed by atoms with Crippen molar-refractivity contribution in [1.29, 1.82) is 0 Å². The Bertz CT molecular complexity index is 427. The quantitative estimate of drug-likeness (QED) is 0.867. The highest BCUT2D eigenvalue weighted by molar-refractivity contribution is 5.94. The summed E-state index contributed by atoms with van der Waals surface area (Å²) in [6.45, 7) is 4.02. The number of carbonyl (C=O) groups is 1. The third kappa shape index (κ3) is 3.83. The van der Waals surface area contributed by atoms with Crippen molar-refractivity contribution in [3.05, 3.63) is 35.4 Å². The first-order valence-corrected chi connectivity index (χ1v) is 7.73. The number of rotatable bonds is 6. The van der Waals surface area contributed by atoms with Gasteiger partial charge in [-0.1, -0.05) is 25.5 Å². The van der Waals surface area contributed by atoms with Crippen LogP contribution >= 0.6 is 0 Å². The average Bonchev–Trinajstić information content (AvgIpc) is 2.94. The Morgan fingerprint density at radius 3 is 2.75 bits per heavy atom. The molecule has 0 saturated carbocycles. The lowest BCUT2D eigenvalue weighted by Gasteiger charge is -2.16. The zero-order chi connectivity index (χ0) is 14.4. The molecule has 0 radical (unpaired) electrons. The van der Waals surface area contributed by atoms with Gasteiger partial charge in [0, 0.05) is 25.3 Å². The van der Waals surface area contributed by atoms with Crippen LogP contribution in [0, 0.1) is 5.92 Å². The van der Waals surface area contributed by atoms with Gasteiger partial charge >= 0.3 is 0 Å². The van der Waals surface area contributed by atoms with Crippen LogP contribution in [0.2, 0.25) is 0 Å². The Labute approximate surface area is 121 Å². The summed E-state index contributed by atoms with van der Waals surface area (Å²) in [5.41, 5.74) is 2.10. The number of benzene rings is 1. The predicted molar refractivity (Wildman–Crippen MR) is 80.8 cm³/mol. The molecule has 110 valence electrons. The third-order valence-electron chi connectivity index (χ3n) is 4.13. The predicted octanol–water partition coefficient (Wildman–Crippen LogP) is 2.87. The molecule has 0 spiro atoms. The topological polar surface area (TPSA) is 40.5 Å². The molecule has 0 aromatic heterocycles. The molecule has 1 aromatic carbocycles. The van der Waals surface area contributed by atoms with Crippen LogP contribution in [0.4, 0.5) is 0 Å². The molecule has 1 heterocycles. The molecule has 3 nitrogen and oxygen atoms in total. The molecule has 2 rings (SSSR count). The highest BCUT2D eigenvalue weighted by atomic mass is 16.3. The van der Waals surface area contributed by atoms with E-state index in [0.717, 1.165) is 37.9 Å². The van der Waals surface area contributed by atoms with Gasteiger partial charge in [-0.05, 0) is 49.3 Å². The van der Waals surface area contributed by atoms with Crippen molar-refractivity contribution in [1.82, 2.24) is 4.90 Å². The van der Waals surface area contributed by atoms with Crippen LogP contribution < -0.4 is 0 Å². The van der Waals surface area contributed by atoms with Crippen LogP contribution in [0.3, 0.4) is 0 Å². The van der Waals surface area contributed by atoms with Gasteiger partial charge in [0.05, 0.1) is 0 Å². The Balaban J connectivity index is 1.92. The summed E-state index contributed by atoms with van der Waals surface area (Å²) < 4.78 is 0. The number of aliphatic hydroxyl groups is 1. The molecule has 1 aliphatic rings. The van der Waals surface area contributed by atoms with E-state index < -0.39 is 0 Å². The minimum Gasteiger partial charge on any atom is -0.396 e. The van der Waals surface area contributed by atoms with E-state index in [9.17, 15) is 4.79 Å². The summed E-state index contributed by atoms with van der Waals surface area (Å²) in [6, 6.07) is 8.05. The molecule has 1 saturated heterocycles. The molecule has 1 unspecified atom stereocenters. The molecular formula is C17H25NO2. The molecule has 1 aliphatic heterocycles. The monoisotopic (exact) mass is 275 g/mol. The van der Waals surface area contributed by atoms with Gasteiger partial charge in [-0.15, -0.1) is 0 Å². The standard InChI is InChI=1S/C17H25NO2/c1-2-3-4-14-5-7-16(8-6-14)17(20)18-11-9-15(13-18)10-12-19/h5-8,15,19H,2-4,9-13H2,1H3. The summed E-state index contributed by atoms with van der Waals surface area (Å²) in [4.78, 5) is 14.3. The van der Waals surface area contributed by atoms with Crippen molar-refractivity contribution in [2.75, 3.05) is 19.7 Å². The second kappa shape index (κ2) is 7.44. The number of carbonyl (C=O) groups excluding carboxylic acids is 1. The van der Waals surface area contributed by atoms with Gasteiger partial charge in [-0.3, -0.25) is 4.79 Å². The van der Waals surface area contributed by atoms with Crippen LogP contribution in [0.5, 0.6) is 0 Å². The van der Waals surface area contributed by atoms with E-state index in [4.69, 9.17) is 5.11 Å². The van der Waals surface area contributed by atoms with Gasteiger partial charge in [0.15, 0.2) is 0 Å². The fourth-order valence-corrected chi connectivity index (χ4v) is 2.81. The summed E-state index contributed by atoms with van der Waals surface area (Å²) in [7, 11) is 0. The van der Waals surface area contributed by atoms with Gasteiger partial charge in [-0.2, -0.15) is 0 Å². The van der Waals surface area contributed by atoms with Crippen LogP contribution in [0.25, 0.3) is 0 Å². The van der Waals surface area contributed by atoms with Gasteiger partial charge in [0.25, 0.3) is 5.91 Å². The molecule has 20 heavy (non-hydrogen) atoms. The SMILES string of the molecule is CCCCc1ccc(C(=O)N2CCC(CCO)C2)cc1. The first-order chi connectivity index (χ1) is 9.74. The normalized spacial score (nSPS) is 18.5. The summed E-state index contributed by atoms with van der Waals surface area (Å²) in [5, 5.41) is 8.97. The molecule has 3 heteroatoms. The van der Waals surface area contributed by atoms with Crippen LogP contribution in [-0.4, -0.2) is 35.6 Å². The van der Waals surface area contributed by atoms with Gasteiger partial charge < -0.3 is 10.0 Å². The van der Waals surface area contributed by atoms with Crippen molar-refractivity contribution in [3.8, 4) is 0 Å². The Morgan fingerprint density at radius 2 is 2.10 bits per heavy atom. The Morgan fingerprint density at radius 1 is 1.35 bits per heavy atom. The van der Waals surface area contributed by atoms with E-state index in [1.807, 2.05) is 17.0 Å². The third-order valence-corrected chi connectivity index (χ3v) is 4.13. The van der Waals surface area contributed by atoms with Gasteiger partial charge in [0.1, 0.15) is 0 Å². The van der Waals surface area contributed by atoms with Crippen molar-refractivity contribution >= 4 is 5.91 Å². The van der Waals surface area contributed by atoms with E-state index in [0.29, 0.717) is 5.92 Å². The maximum absolute atomic E-state index is 12.4. The fourth-order valence-electron chi connectivity index (χ4n) is 2.81. The number of amides is 1. The summed E-state index contributed by atoms with van der Waals surface area (Å²) in [5.74, 6) is 0.597. The first-order valence-electron chi connectivity index (χ1n) is 7.73. The highest BCUT2D eigenvalue weighted by Gasteiger charge is 2.26. The van der Waals surface area contributed by atoms with Crippen molar-refractivity contribution in [2.45, 2.75) is 39.0 Å². The molecular weight excluding hydrogens is 250 g/mol. The minimum atomic E-state index is 0.132. The number of hydrogen-bond acceptors (Lipinski definition) is 2. The lowest BCUT2D eigenvalue weighted by Crippen LogP contribution is -2.28. The largest absolute Gasteiger partial charge is 0.396 e. The number of aryl methyl sites for hydroxylation is 1. The zero-order valence-corrected chi connectivity index (χ0v) is 12.3. The fraction of sp³-hybridized carbons (Fsp3) is 0.588. The van der Waals surface area contributed by atoms with Crippen molar-refractivity contribution in [3.63, 3.8) is 0 Å². The molecule has 1 N–H and O–H groups in total. The van der Waals surface area contributed by atoms with E-state index in [2.05, 4.69) is 19.1 Å². The van der Waals surface area contributed by atoms with Gasteiger partial charge in [-0.25, -0.2) is 0 Å². The maximum atomic E-state index is 12.4. The molecule has 1 atom stereocenters. The van der Waals surface area contributed by atoms with Crippen LogP contribution in [-0.2, 0) is 6.42 Å². The second-order valence-electron chi connectivity index (χ2n) is 5.72. The van der Waals surface area contributed by atoms with E-state index in [-0.39, 0.29) is 12.5 Å². The smallest absolute Gasteiger partial charge is 0.253 e. The average molecular weight is 275 g/mol. The van der Waals surface area contributed by atoms with Crippen molar-refractivity contribution < 1.29 is 9.90 Å². The van der Waals surface area contributed by atoms with Gasteiger partial charge in [0.2, 0.25) is 0 Å². The Hall–Kier alpha value is -1.35. The van der Waals surface area contributed by atoms with Crippen molar-refractivity contribution in [2.24, 2.45) is 5.92 Å². The second-order valence-corrected chi connectivity index (χ2v) is 5.72. The zero-order valence-electron chi connectivity index (χ0n) is 12.3. The highest BCUT2D eigenvalue weighted by Crippen LogP contribution is 2.21. The number of unbranched alkanes of at least 4 members (excludes halogenated alkanes) is 1. The van der Waals surface area contributed by atoms with Crippen LogP contribution in [0.1, 0.15) is 48.5 Å². The summed E-state index contributed by atoms with van der Waals surface area (Å²) >= 11 is 0. The number of hydrogen-bond donors (Lipinski definition) is 1. The van der Waals surface area contributed by atoms with Crippen LogP contribution in [0.15, 0.2) is 24.3 Å². The summed E-state index contributed by atoms with van der Waals surface area (Å²) in [6.07, 6.45) is 5.30. The molecule has 1 fully saturated rings. The lowest BCUT2D eigenvalue weighted by atomic mass is 10.1. The molecule has 1 amide bonds. The van der Waals surface area contributed by atoms with E-state index in [1.54, 1.807) is 0 Å². The first kappa shape index (κ1) is 15.0. The molecule has 0 aliphatic carbocycles. The van der Waals surface area contributed by atoms with E-state index in [1.165, 1.54) is 18.4 Å². The number of nitrogens with zero attached hydrogens (tertiary/aromatic N) is 1. The number of aliphatic hydroxyl groups excluding tert-OH is 1. The minimum absolute atomic E-state index is 0.132. The van der Waals surface area contributed by atoms with E-state index >= 15 is 0 Å². The number of likely N-dealkylation sites (tertiary alicyclic amines) is 1. The lowest BCUT2D eigenvalue weighted by molar-refractivity contribution is 0.0784. The molecule has 0 bridgehead atoms.